The van der Waals surface area contributed by atoms with Crippen LogP contribution >= 0.6 is 0 Å². The number of cyclic esters (lactones) is 2. The fraction of sp³-hybridized carbons (Fsp3) is 0.516. The average Bonchev–Trinajstić information content (AvgIpc) is 3.01. The molecular formula is C31H40N2O10. The molecule has 2 aliphatic heterocycles. The molecule has 0 aliphatic carbocycles. The van der Waals surface area contributed by atoms with Crippen LogP contribution in [0.3, 0.4) is 0 Å². The summed E-state index contributed by atoms with van der Waals surface area (Å²) in [5.41, 5.74) is 0.797. The van der Waals surface area contributed by atoms with E-state index in [1.54, 1.807) is 19.9 Å². The van der Waals surface area contributed by atoms with Gasteiger partial charge in [0.1, 0.15) is 30.1 Å². The van der Waals surface area contributed by atoms with Crippen LogP contribution in [0.4, 0.5) is 0 Å². The van der Waals surface area contributed by atoms with Gasteiger partial charge in [-0.15, -0.1) is 0 Å². The molecule has 1 amide bonds. The SMILES string of the molecule is COC1=CCNC(C(=O)N[C@H]2COC(=O)[C@H](Cc3ccccc3)[C@@H](OC(=O)C(C)C)[C@H](C)OC2=O)=C1OCCCC(C)=O. The van der Waals surface area contributed by atoms with Crippen molar-refractivity contribution in [1.82, 2.24) is 10.6 Å². The summed E-state index contributed by atoms with van der Waals surface area (Å²) in [4.78, 5) is 64.0. The molecule has 0 bridgehead atoms. The lowest BCUT2D eigenvalue weighted by Gasteiger charge is -2.29. The number of hydrogen-bond acceptors (Lipinski definition) is 11. The fourth-order valence-corrected chi connectivity index (χ4v) is 4.52. The van der Waals surface area contributed by atoms with E-state index in [0.29, 0.717) is 18.6 Å². The summed E-state index contributed by atoms with van der Waals surface area (Å²) < 4.78 is 28.0. The molecule has 4 atom stereocenters. The van der Waals surface area contributed by atoms with Crippen molar-refractivity contribution in [3.05, 3.63) is 59.2 Å². The smallest absolute Gasteiger partial charge is 0.332 e. The molecule has 12 heteroatoms. The molecule has 1 saturated heterocycles. The van der Waals surface area contributed by atoms with E-state index in [-0.39, 0.29) is 36.8 Å². The van der Waals surface area contributed by atoms with Crippen LogP contribution in [0.5, 0.6) is 0 Å². The lowest BCUT2D eigenvalue weighted by atomic mass is 9.91. The van der Waals surface area contributed by atoms with Gasteiger partial charge in [-0.1, -0.05) is 44.2 Å². The van der Waals surface area contributed by atoms with E-state index in [4.69, 9.17) is 23.7 Å². The van der Waals surface area contributed by atoms with Crippen LogP contribution in [-0.2, 0) is 54.1 Å². The highest BCUT2D eigenvalue weighted by Crippen LogP contribution is 2.25. The van der Waals surface area contributed by atoms with Crippen molar-refractivity contribution in [2.45, 2.75) is 65.2 Å². The van der Waals surface area contributed by atoms with Crippen LogP contribution in [-0.4, -0.2) is 74.7 Å². The molecule has 1 aromatic carbocycles. The number of nitrogens with one attached hydrogen (secondary N) is 2. The number of methoxy groups -OCH3 is 1. The van der Waals surface area contributed by atoms with Gasteiger partial charge in [-0.3, -0.25) is 14.4 Å². The molecule has 1 aromatic rings. The standard InChI is InChI=1S/C31H40N2O10/c1-18(2)29(36)43-26-20(4)42-31(38)23(17-41-30(37)22(26)16-21-11-7-6-8-12-21)33-28(35)25-27(24(39-5)13-14-32-25)40-15-9-10-19(3)34/h6-8,11-13,18,20,22-23,26,32H,9-10,14-17H2,1-5H3,(H,33,35)/t20-,22+,23-,26-/m0/s1. The highest BCUT2D eigenvalue weighted by molar-refractivity contribution is 5.97. The Morgan fingerprint density at radius 2 is 1.84 bits per heavy atom. The summed E-state index contributed by atoms with van der Waals surface area (Å²) in [6.07, 6.45) is 0.421. The normalized spacial score (nSPS) is 22.5. The molecule has 0 spiro atoms. The maximum absolute atomic E-state index is 13.4. The number of ether oxygens (including phenoxy) is 5. The zero-order valence-corrected chi connectivity index (χ0v) is 25.2. The minimum Gasteiger partial charge on any atom is -0.493 e. The minimum absolute atomic E-state index is 0.0000778. The Bertz CT molecular complexity index is 1240. The third-order valence-corrected chi connectivity index (χ3v) is 6.85. The molecule has 0 radical (unpaired) electrons. The van der Waals surface area contributed by atoms with Crippen LogP contribution in [0.2, 0.25) is 0 Å². The molecule has 0 saturated carbocycles. The van der Waals surface area contributed by atoms with Gasteiger partial charge in [0.2, 0.25) is 0 Å². The van der Waals surface area contributed by atoms with Gasteiger partial charge in [0.05, 0.1) is 19.6 Å². The van der Waals surface area contributed by atoms with Crippen molar-refractivity contribution < 1.29 is 47.7 Å². The number of carbonyl (C=O) groups excluding carboxylic acids is 5. The molecule has 1 fully saturated rings. The Kier molecular flexibility index (Phi) is 12.2. The van der Waals surface area contributed by atoms with E-state index in [1.165, 1.54) is 21.0 Å². The molecule has 2 heterocycles. The van der Waals surface area contributed by atoms with E-state index in [2.05, 4.69) is 10.6 Å². The van der Waals surface area contributed by atoms with Crippen molar-refractivity contribution in [1.29, 1.82) is 0 Å². The van der Waals surface area contributed by atoms with Gasteiger partial charge in [0, 0.05) is 13.0 Å². The molecule has 43 heavy (non-hydrogen) atoms. The monoisotopic (exact) mass is 600 g/mol. The molecule has 0 unspecified atom stereocenters. The number of rotatable bonds is 12. The predicted octanol–water partition coefficient (Wildman–Crippen LogP) is 2.12. The second-order valence-corrected chi connectivity index (χ2v) is 10.7. The number of dihydropyridines is 1. The van der Waals surface area contributed by atoms with E-state index in [0.717, 1.165) is 5.56 Å². The van der Waals surface area contributed by atoms with Gasteiger partial charge < -0.3 is 39.1 Å². The van der Waals surface area contributed by atoms with E-state index >= 15 is 0 Å². The molecule has 234 valence electrons. The number of carbonyl (C=O) groups is 5. The van der Waals surface area contributed by atoms with E-state index in [1.807, 2.05) is 30.3 Å². The zero-order valence-electron chi connectivity index (χ0n) is 25.2. The van der Waals surface area contributed by atoms with Crippen LogP contribution in [0.15, 0.2) is 53.6 Å². The third-order valence-electron chi connectivity index (χ3n) is 6.85. The summed E-state index contributed by atoms with van der Waals surface area (Å²) in [7, 11) is 1.43. The molecule has 12 nitrogen and oxygen atoms in total. The van der Waals surface area contributed by atoms with Gasteiger partial charge in [0.15, 0.2) is 23.7 Å². The van der Waals surface area contributed by atoms with Gasteiger partial charge in [0.25, 0.3) is 5.91 Å². The Labute approximate surface area is 251 Å². The second kappa shape index (κ2) is 15.8. The molecule has 0 aromatic heterocycles. The highest BCUT2D eigenvalue weighted by Gasteiger charge is 2.42. The van der Waals surface area contributed by atoms with Gasteiger partial charge in [-0.05, 0) is 38.3 Å². The summed E-state index contributed by atoms with van der Waals surface area (Å²) >= 11 is 0. The Hall–Kier alpha value is -4.35. The quantitative estimate of drug-likeness (QED) is 0.206. The highest BCUT2D eigenvalue weighted by atomic mass is 16.6. The van der Waals surface area contributed by atoms with Crippen molar-refractivity contribution in [3.63, 3.8) is 0 Å². The second-order valence-electron chi connectivity index (χ2n) is 10.7. The largest absolute Gasteiger partial charge is 0.493 e. The van der Waals surface area contributed by atoms with Gasteiger partial charge in [-0.25, -0.2) is 4.79 Å². The van der Waals surface area contributed by atoms with E-state index < -0.39 is 60.5 Å². The number of amides is 1. The first-order valence-electron chi connectivity index (χ1n) is 14.3. The van der Waals surface area contributed by atoms with Gasteiger partial charge in [-0.2, -0.15) is 0 Å². The third kappa shape index (κ3) is 9.32. The summed E-state index contributed by atoms with van der Waals surface area (Å²) in [6, 6.07) is 7.76. The van der Waals surface area contributed by atoms with Gasteiger partial charge >= 0.3 is 17.9 Å². The van der Waals surface area contributed by atoms with E-state index in [9.17, 15) is 24.0 Å². The molecule has 2 N–H and O–H groups in total. The van der Waals surface area contributed by atoms with Crippen molar-refractivity contribution in [2.24, 2.45) is 11.8 Å². The van der Waals surface area contributed by atoms with Crippen LogP contribution in [0.25, 0.3) is 0 Å². The molecule has 2 aliphatic rings. The summed E-state index contributed by atoms with van der Waals surface area (Å²) in [6.45, 7) is 6.20. The lowest BCUT2D eigenvalue weighted by molar-refractivity contribution is -0.176. The average molecular weight is 601 g/mol. The van der Waals surface area contributed by atoms with Crippen molar-refractivity contribution in [2.75, 3.05) is 26.9 Å². The zero-order chi connectivity index (χ0) is 31.5. The summed E-state index contributed by atoms with van der Waals surface area (Å²) in [5.74, 6) is -3.90. The first kappa shape index (κ1) is 33.2. The first-order chi connectivity index (χ1) is 20.5. The first-order valence-corrected chi connectivity index (χ1v) is 14.3. The fourth-order valence-electron chi connectivity index (χ4n) is 4.52. The molecular weight excluding hydrogens is 560 g/mol. The number of Topliss-reactive ketones (excluding diaryl/α,β-unsaturated/α-hetero) is 1. The van der Waals surface area contributed by atoms with Crippen molar-refractivity contribution >= 4 is 29.6 Å². The van der Waals surface area contributed by atoms with Crippen LogP contribution in [0, 0.1) is 11.8 Å². The lowest BCUT2D eigenvalue weighted by Crippen LogP contribution is -2.49. The number of hydrogen-bond donors (Lipinski definition) is 2. The van der Waals surface area contributed by atoms with Crippen LogP contribution in [0.1, 0.15) is 46.1 Å². The Morgan fingerprint density at radius 3 is 2.49 bits per heavy atom. The summed E-state index contributed by atoms with van der Waals surface area (Å²) in [5, 5.41) is 5.48. The number of esters is 3. The van der Waals surface area contributed by atoms with Crippen LogP contribution < -0.4 is 10.6 Å². The minimum atomic E-state index is -1.37. The topological polar surface area (TPSA) is 156 Å². The maximum Gasteiger partial charge on any atom is 0.332 e. The Balaban J connectivity index is 1.84. The number of benzene rings is 1. The predicted molar refractivity (Wildman–Crippen MR) is 153 cm³/mol. The van der Waals surface area contributed by atoms with Crippen molar-refractivity contribution in [3.8, 4) is 0 Å². The molecule has 3 rings (SSSR count). The maximum atomic E-state index is 13.4. The Morgan fingerprint density at radius 1 is 1.12 bits per heavy atom. The number of ketones is 1.